The van der Waals surface area contributed by atoms with Gasteiger partial charge < -0.3 is 10.1 Å². The van der Waals surface area contributed by atoms with Crippen LogP contribution in [0.2, 0.25) is 0 Å². The number of nitrogens with one attached hydrogen (secondary N) is 1. The summed E-state index contributed by atoms with van der Waals surface area (Å²) in [4.78, 5) is 0. The molecule has 0 heterocycles. The summed E-state index contributed by atoms with van der Waals surface area (Å²) in [6.45, 7) is 8.37. The van der Waals surface area contributed by atoms with Gasteiger partial charge in [0.05, 0.1) is 12.7 Å². The van der Waals surface area contributed by atoms with Crippen LogP contribution in [-0.4, -0.2) is 25.3 Å². The van der Waals surface area contributed by atoms with Crippen LogP contribution in [0.25, 0.3) is 0 Å². The molecular formula is C13H27NO. The SMILES string of the molecule is CCC1CCCCC1NCCOC(C)C. The number of hydrogen-bond donors (Lipinski definition) is 1. The lowest BCUT2D eigenvalue weighted by Gasteiger charge is -2.31. The highest BCUT2D eigenvalue weighted by atomic mass is 16.5. The molecule has 0 amide bonds. The van der Waals surface area contributed by atoms with E-state index in [-0.39, 0.29) is 0 Å². The van der Waals surface area contributed by atoms with E-state index in [0.29, 0.717) is 6.10 Å². The predicted octanol–water partition coefficient (Wildman–Crippen LogP) is 2.97. The minimum absolute atomic E-state index is 0.361. The van der Waals surface area contributed by atoms with Gasteiger partial charge in [-0.3, -0.25) is 0 Å². The Morgan fingerprint density at radius 3 is 2.67 bits per heavy atom. The first-order valence-corrected chi connectivity index (χ1v) is 6.59. The van der Waals surface area contributed by atoms with Crippen LogP contribution in [0.1, 0.15) is 52.9 Å². The molecule has 1 fully saturated rings. The van der Waals surface area contributed by atoms with Gasteiger partial charge in [-0.2, -0.15) is 0 Å². The third-order valence-corrected chi connectivity index (χ3v) is 3.39. The molecule has 0 aliphatic heterocycles. The van der Waals surface area contributed by atoms with Crippen LogP contribution in [-0.2, 0) is 4.74 Å². The van der Waals surface area contributed by atoms with E-state index in [1.807, 2.05) is 0 Å². The van der Waals surface area contributed by atoms with Gasteiger partial charge in [-0.1, -0.05) is 26.2 Å². The Balaban J connectivity index is 2.12. The smallest absolute Gasteiger partial charge is 0.0594 e. The average molecular weight is 213 g/mol. The second-order valence-electron chi connectivity index (χ2n) is 4.93. The van der Waals surface area contributed by atoms with Crippen LogP contribution in [0.5, 0.6) is 0 Å². The fraction of sp³-hybridized carbons (Fsp3) is 1.00. The second kappa shape index (κ2) is 7.24. The van der Waals surface area contributed by atoms with E-state index < -0.39 is 0 Å². The minimum Gasteiger partial charge on any atom is -0.377 e. The maximum atomic E-state index is 5.54. The van der Waals surface area contributed by atoms with E-state index in [1.54, 1.807) is 0 Å². The van der Waals surface area contributed by atoms with Gasteiger partial charge in [-0.25, -0.2) is 0 Å². The number of hydrogen-bond acceptors (Lipinski definition) is 2. The Kier molecular flexibility index (Phi) is 6.26. The summed E-state index contributed by atoms with van der Waals surface area (Å²) >= 11 is 0. The largest absolute Gasteiger partial charge is 0.377 e. The molecule has 0 bridgehead atoms. The van der Waals surface area contributed by atoms with E-state index >= 15 is 0 Å². The summed E-state index contributed by atoms with van der Waals surface area (Å²) in [6, 6.07) is 0.750. The molecule has 0 radical (unpaired) electrons. The highest BCUT2D eigenvalue weighted by Gasteiger charge is 2.22. The normalized spacial score (nSPS) is 27.2. The first-order valence-electron chi connectivity index (χ1n) is 6.59. The zero-order valence-corrected chi connectivity index (χ0v) is 10.6. The number of rotatable bonds is 6. The maximum Gasteiger partial charge on any atom is 0.0594 e. The summed E-state index contributed by atoms with van der Waals surface area (Å²) in [5.41, 5.74) is 0. The monoisotopic (exact) mass is 213 g/mol. The molecule has 0 aromatic carbocycles. The molecule has 0 aromatic heterocycles. The fourth-order valence-electron chi connectivity index (χ4n) is 2.50. The van der Waals surface area contributed by atoms with Gasteiger partial charge in [0.2, 0.25) is 0 Å². The van der Waals surface area contributed by atoms with Crippen molar-refractivity contribution in [1.29, 1.82) is 0 Å². The Morgan fingerprint density at radius 1 is 1.27 bits per heavy atom. The van der Waals surface area contributed by atoms with Crippen LogP contribution < -0.4 is 5.32 Å². The molecule has 90 valence electrons. The van der Waals surface area contributed by atoms with E-state index in [0.717, 1.165) is 25.1 Å². The van der Waals surface area contributed by atoms with Gasteiger partial charge in [0, 0.05) is 12.6 Å². The summed E-state index contributed by atoms with van der Waals surface area (Å²) in [7, 11) is 0. The van der Waals surface area contributed by atoms with Crippen LogP contribution in [0, 0.1) is 5.92 Å². The molecule has 1 aliphatic rings. The Labute approximate surface area is 94.8 Å². The fourth-order valence-corrected chi connectivity index (χ4v) is 2.50. The van der Waals surface area contributed by atoms with Crippen LogP contribution in [0.3, 0.4) is 0 Å². The van der Waals surface area contributed by atoms with Crippen molar-refractivity contribution >= 4 is 0 Å². The zero-order valence-electron chi connectivity index (χ0n) is 10.6. The van der Waals surface area contributed by atoms with Crippen molar-refractivity contribution in [1.82, 2.24) is 5.32 Å². The van der Waals surface area contributed by atoms with E-state index in [9.17, 15) is 0 Å². The zero-order chi connectivity index (χ0) is 11.1. The molecule has 15 heavy (non-hydrogen) atoms. The van der Waals surface area contributed by atoms with Crippen LogP contribution in [0.4, 0.5) is 0 Å². The van der Waals surface area contributed by atoms with Crippen LogP contribution in [0.15, 0.2) is 0 Å². The molecule has 2 heteroatoms. The molecule has 1 rings (SSSR count). The van der Waals surface area contributed by atoms with Crippen molar-refractivity contribution in [2.24, 2.45) is 5.92 Å². The first-order chi connectivity index (χ1) is 7.24. The molecule has 0 saturated heterocycles. The third kappa shape index (κ3) is 4.98. The van der Waals surface area contributed by atoms with Crippen molar-refractivity contribution in [3.05, 3.63) is 0 Å². The molecule has 2 atom stereocenters. The van der Waals surface area contributed by atoms with E-state index in [1.165, 1.54) is 32.1 Å². The lowest BCUT2D eigenvalue weighted by atomic mass is 9.83. The lowest BCUT2D eigenvalue weighted by Crippen LogP contribution is -2.40. The molecule has 0 aromatic rings. The quantitative estimate of drug-likeness (QED) is 0.685. The minimum atomic E-state index is 0.361. The standard InChI is InChI=1S/C13H27NO/c1-4-12-7-5-6-8-13(12)14-9-10-15-11(2)3/h11-14H,4-10H2,1-3H3. The highest BCUT2D eigenvalue weighted by molar-refractivity contribution is 4.79. The predicted molar refractivity (Wildman–Crippen MR) is 65.1 cm³/mol. The number of ether oxygens (including phenoxy) is 1. The molecule has 1 saturated carbocycles. The highest BCUT2D eigenvalue weighted by Crippen LogP contribution is 2.26. The second-order valence-corrected chi connectivity index (χ2v) is 4.93. The lowest BCUT2D eigenvalue weighted by molar-refractivity contribution is 0.0764. The summed E-state index contributed by atoms with van der Waals surface area (Å²) in [5, 5.41) is 3.65. The summed E-state index contributed by atoms with van der Waals surface area (Å²) < 4.78 is 5.54. The van der Waals surface area contributed by atoms with Crippen molar-refractivity contribution in [2.75, 3.05) is 13.2 Å². The maximum absolute atomic E-state index is 5.54. The van der Waals surface area contributed by atoms with Gasteiger partial charge >= 0.3 is 0 Å². The molecular weight excluding hydrogens is 186 g/mol. The Bertz CT molecular complexity index is 159. The first kappa shape index (κ1) is 13.0. The van der Waals surface area contributed by atoms with E-state index in [4.69, 9.17) is 4.74 Å². The third-order valence-electron chi connectivity index (χ3n) is 3.39. The van der Waals surface area contributed by atoms with Crippen molar-refractivity contribution in [3.8, 4) is 0 Å². The summed E-state index contributed by atoms with van der Waals surface area (Å²) in [5.74, 6) is 0.901. The van der Waals surface area contributed by atoms with Gasteiger partial charge in [-0.05, 0) is 32.6 Å². The van der Waals surface area contributed by atoms with E-state index in [2.05, 4.69) is 26.1 Å². The van der Waals surface area contributed by atoms with Crippen molar-refractivity contribution in [3.63, 3.8) is 0 Å². The topological polar surface area (TPSA) is 21.3 Å². The van der Waals surface area contributed by atoms with Gasteiger partial charge in [0.25, 0.3) is 0 Å². The molecule has 1 N–H and O–H groups in total. The molecule has 1 aliphatic carbocycles. The Hall–Kier alpha value is -0.0800. The average Bonchev–Trinajstić information content (AvgIpc) is 2.24. The molecule has 0 spiro atoms. The van der Waals surface area contributed by atoms with Gasteiger partial charge in [0.15, 0.2) is 0 Å². The molecule has 2 nitrogen and oxygen atoms in total. The van der Waals surface area contributed by atoms with Gasteiger partial charge in [-0.15, -0.1) is 0 Å². The summed E-state index contributed by atoms with van der Waals surface area (Å²) in [6.07, 6.45) is 7.29. The van der Waals surface area contributed by atoms with Gasteiger partial charge in [0.1, 0.15) is 0 Å². The van der Waals surface area contributed by atoms with Crippen molar-refractivity contribution < 1.29 is 4.74 Å². The Morgan fingerprint density at radius 2 is 2.00 bits per heavy atom. The van der Waals surface area contributed by atoms with Crippen LogP contribution >= 0.6 is 0 Å². The molecule has 2 unspecified atom stereocenters. The van der Waals surface area contributed by atoms with Crippen molar-refractivity contribution in [2.45, 2.75) is 65.0 Å².